The number of halogens is 1. The first kappa shape index (κ1) is 10.9. The van der Waals surface area contributed by atoms with Crippen LogP contribution in [0.25, 0.3) is 10.9 Å². The van der Waals surface area contributed by atoms with Crippen LogP contribution >= 0.6 is 11.6 Å². The lowest BCUT2D eigenvalue weighted by molar-refractivity contribution is 0.0594. The van der Waals surface area contributed by atoms with Gasteiger partial charge in [0.2, 0.25) is 0 Å². The Balaban J connectivity index is 2.69. The molecule has 0 N–H and O–H groups in total. The number of aryl methyl sites for hydroxylation is 1. The first-order chi connectivity index (χ1) is 7.63. The quantitative estimate of drug-likeness (QED) is 0.714. The number of aromatic nitrogens is 1. The van der Waals surface area contributed by atoms with Crippen molar-refractivity contribution >= 4 is 28.5 Å². The van der Waals surface area contributed by atoms with Crippen LogP contribution in [0.3, 0.4) is 0 Å². The molecule has 2 rings (SSSR count). The fraction of sp³-hybridized carbons (Fsp3) is 0.167. The van der Waals surface area contributed by atoms with Gasteiger partial charge in [-0.15, -0.1) is 0 Å². The highest BCUT2D eigenvalue weighted by molar-refractivity contribution is 6.32. The van der Waals surface area contributed by atoms with Crippen molar-refractivity contribution in [3.8, 4) is 0 Å². The summed E-state index contributed by atoms with van der Waals surface area (Å²) >= 11 is 6.00. The zero-order valence-corrected chi connectivity index (χ0v) is 9.71. The van der Waals surface area contributed by atoms with E-state index in [1.165, 1.54) is 7.11 Å². The summed E-state index contributed by atoms with van der Waals surface area (Å²) < 4.78 is 4.62. The maximum atomic E-state index is 11.3. The van der Waals surface area contributed by atoms with Crippen molar-refractivity contribution < 1.29 is 9.53 Å². The van der Waals surface area contributed by atoms with Crippen LogP contribution in [0.4, 0.5) is 0 Å². The van der Waals surface area contributed by atoms with Crippen LogP contribution in [0.1, 0.15) is 16.1 Å². The Morgan fingerprint density at radius 3 is 2.69 bits per heavy atom. The van der Waals surface area contributed by atoms with Crippen LogP contribution in [0.5, 0.6) is 0 Å². The van der Waals surface area contributed by atoms with E-state index >= 15 is 0 Å². The Kier molecular flexibility index (Phi) is 2.79. The van der Waals surface area contributed by atoms with Gasteiger partial charge in [0.15, 0.2) is 0 Å². The van der Waals surface area contributed by atoms with Gasteiger partial charge in [0.05, 0.1) is 12.6 Å². The molecule has 0 spiro atoms. The molecule has 1 aromatic carbocycles. The normalized spacial score (nSPS) is 10.4. The summed E-state index contributed by atoms with van der Waals surface area (Å²) in [6.07, 6.45) is 0. The number of methoxy groups -OCH3 is 1. The van der Waals surface area contributed by atoms with Crippen molar-refractivity contribution in [2.45, 2.75) is 6.92 Å². The Hall–Kier alpha value is -1.61. The molecule has 0 unspecified atom stereocenters. The van der Waals surface area contributed by atoms with Gasteiger partial charge < -0.3 is 4.74 Å². The van der Waals surface area contributed by atoms with Crippen LogP contribution < -0.4 is 0 Å². The van der Waals surface area contributed by atoms with E-state index < -0.39 is 5.97 Å². The highest BCUT2D eigenvalue weighted by Crippen LogP contribution is 2.24. The van der Waals surface area contributed by atoms with Crippen LogP contribution in [0.15, 0.2) is 24.3 Å². The molecule has 82 valence electrons. The molecule has 0 saturated heterocycles. The monoisotopic (exact) mass is 235 g/mol. The molecule has 0 saturated carbocycles. The Morgan fingerprint density at radius 2 is 2.00 bits per heavy atom. The van der Waals surface area contributed by atoms with Gasteiger partial charge in [0.25, 0.3) is 0 Å². The summed E-state index contributed by atoms with van der Waals surface area (Å²) in [5.41, 5.74) is 1.89. The SMILES string of the molecule is COC(=O)c1ccc2ccc(Cl)c(C)c2n1. The molecular formula is C12H10ClNO2. The number of carbonyl (C=O) groups excluding carboxylic acids is 1. The fourth-order valence-electron chi connectivity index (χ4n) is 1.52. The highest BCUT2D eigenvalue weighted by atomic mass is 35.5. The van der Waals surface area contributed by atoms with Crippen LogP contribution in [0.2, 0.25) is 5.02 Å². The van der Waals surface area contributed by atoms with Crippen molar-refractivity contribution in [2.24, 2.45) is 0 Å². The molecule has 0 fully saturated rings. The lowest BCUT2D eigenvalue weighted by Crippen LogP contribution is -2.04. The number of hydrogen-bond acceptors (Lipinski definition) is 3. The summed E-state index contributed by atoms with van der Waals surface area (Å²) in [4.78, 5) is 15.6. The van der Waals surface area contributed by atoms with Gasteiger partial charge in [0, 0.05) is 10.4 Å². The van der Waals surface area contributed by atoms with Gasteiger partial charge in [-0.3, -0.25) is 0 Å². The summed E-state index contributed by atoms with van der Waals surface area (Å²) in [6, 6.07) is 7.16. The van der Waals surface area contributed by atoms with Gasteiger partial charge >= 0.3 is 5.97 Å². The van der Waals surface area contributed by atoms with Crippen molar-refractivity contribution in [3.63, 3.8) is 0 Å². The molecule has 0 amide bonds. The lowest BCUT2D eigenvalue weighted by atomic mass is 10.1. The van der Waals surface area contributed by atoms with E-state index in [1.54, 1.807) is 6.07 Å². The molecule has 0 radical (unpaired) electrons. The molecule has 1 heterocycles. The van der Waals surface area contributed by atoms with E-state index in [1.807, 2.05) is 25.1 Å². The van der Waals surface area contributed by atoms with Gasteiger partial charge in [-0.05, 0) is 24.6 Å². The number of benzene rings is 1. The van der Waals surface area contributed by atoms with E-state index in [9.17, 15) is 4.79 Å². The maximum absolute atomic E-state index is 11.3. The second-order valence-corrected chi connectivity index (χ2v) is 3.84. The second kappa shape index (κ2) is 4.10. The van der Waals surface area contributed by atoms with Crippen molar-refractivity contribution in [2.75, 3.05) is 7.11 Å². The van der Waals surface area contributed by atoms with Crippen LogP contribution in [-0.2, 0) is 4.74 Å². The molecule has 2 aromatic rings. The first-order valence-corrected chi connectivity index (χ1v) is 5.15. The number of rotatable bonds is 1. The molecule has 3 nitrogen and oxygen atoms in total. The number of pyridine rings is 1. The number of carbonyl (C=O) groups is 1. The molecule has 0 aliphatic heterocycles. The van der Waals surface area contributed by atoms with Gasteiger partial charge in [0.1, 0.15) is 5.69 Å². The van der Waals surface area contributed by atoms with E-state index in [0.29, 0.717) is 10.7 Å². The first-order valence-electron chi connectivity index (χ1n) is 4.77. The molecule has 4 heteroatoms. The Labute approximate surface area is 98.0 Å². The smallest absolute Gasteiger partial charge is 0.356 e. The van der Waals surface area contributed by atoms with E-state index in [-0.39, 0.29) is 0 Å². The lowest BCUT2D eigenvalue weighted by Gasteiger charge is -2.05. The van der Waals surface area contributed by atoms with Crippen molar-refractivity contribution in [3.05, 3.63) is 40.5 Å². The number of nitrogens with zero attached hydrogens (tertiary/aromatic N) is 1. The molecule has 0 atom stereocenters. The molecule has 0 aliphatic rings. The zero-order chi connectivity index (χ0) is 11.7. The number of fused-ring (bicyclic) bond motifs is 1. The maximum Gasteiger partial charge on any atom is 0.356 e. The van der Waals surface area contributed by atoms with Gasteiger partial charge in [-0.2, -0.15) is 0 Å². The third-order valence-corrected chi connectivity index (χ3v) is 2.85. The molecular weight excluding hydrogens is 226 g/mol. The minimum atomic E-state index is -0.443. The third-order valence-electron chi connectivity index (χ3n) is 2.44. The predicted octanol–water partition coefficient (Wildman–Crippen LogP) is 2.98. The van der Waals surface area contributed by atoms with Crippen molar-refractivity contribution in [1.29, 1.82) is 0 Å². The van der Waals surface area contributed by atoms with Crippen LogP contribution in [0, 0.1) is 6.92 Å². The largest absolute Gasteiger partial charge is 0.464 e. The second-order valence-electron chi connectivity index (χ2n) is 3.43. The Morgan fingerprint density at radius 1 is 1.31 bits per heavy atom. The Bertz CT molecular complexity index is 566. The number of esters is 1. The van der Waals surface area contributed by atoms with Gasteiger partial charge in [-0.25, -0.2) is 9.78 Å². The third kappa shape index (κ3) is 1.74. The van der Waals surface area contributed by atoms with E-state index in [0.717, 1.165) is 16.5 Å². The minimum Gasteiger partial charge on any atom is -0.464 e. The molecule has 0 bridgehead atoms. The predicted molar refractivity (Wildman–Crippen MR) is 62.8 cm³/mol. The summed E-state index contributed by atoms with van der Waals surface area (Å²) in [5, 5.41) is 1.59. The summed E-state index contributed by atoms with van der Waals surface area (Å²) in [6.45, 7) is 1.87. The standard InChI is InChI=1S/C12H10ClNO2/c1-7-9(13)5-3-8-4-6-10(12(15)16-2)14-11(7)8/h3-6H,1-2H3. The van der Waals surface area contributed by atoms with Gasteiger partial charge in [-0.1, -0.05) is 23.7 Å². The molecule has 16 heavy (non-hydrogen) atoms. The number of hydrogen-bond donors (Lipinski definition) is 0. The molecule has 1 aromatic heterocycles. The molecule has 0 aliphatic carbocycles. The average molecular weight is 236 g/mol. The fourth-order valence-corrected chi connectivity index (χ4v) is 1.68. The number of ether oxygens (including phenoxy) is 1. The topological polar surface area (TPSA) is 39.2 Å². The van der Waals surface area contributed by atoms with E-state index in [4.69, 9.17) is 11.6 Å². The highest BCUT2D eigenvalue weighted by Gasteiger charge is 2.09. The minimum absolute atomic E-state index is 0.292. The van der Waals surface area contributed by atoms with Crippen LogP contribution in [-0.4, -0.2) is 18.1 Å². The van der Waals surface area contributed by atoms with E-state index in [2.05, 4.69) is 9.72 Å². The zero-order valence-electron chi connectivity index (χ0n) is 8.95. The summed E-state index contributed by atoms with van der Waals surface area (Å²) in [7, 11) is 1.33. The summed E-state index contributed by atoms with van der Waals surface area (Å²) in [5.74, 6) is -0.443. The van der Waals surface area contributed by atoms with Crippen molar-refractivity contribution in [1.82, 2.24) is 4.98 Å². The average Bonchev–Trinajstić information content (AvgIpc) is 2.32.